The van der Waals surface area contributed by atoms with E-state index >= 15 is 0 Å². The number of hydrogen-bond donors (Lipinski definition) is 1. The molecule has 0 aliphatic rings. The van der Waals surface area contributed by atoms with Gasteiger partial charge >= 0.3 is 5.97 Å². The molecule has 0 aromatic rings. The van der Waals surface area contributed by atoms with Crippen LogP contribution in [0.3, 0.4) is 0 Å². The largest absolute Gasteiger partial charge is 0.756 e. The zero-order valence-corrected chi connectivity index (χ0v) is 45.8. The Hall–Kier alpha value is -1.77. The average molecular weight is 965 g/mol. The molecule has 67 heavy (non-hydrogen) atoms. The number of allylic oxidation sites excluding steroid dienone is 5. The lowest BCUT2D eigenvalue weighted by Gasteiger charge is -2.30. The first-order chi connectivity index (χ1) is 32.4. The van der Waals surface area contributed by atoms with Gasteiger partial charge < -0.3 is 28.5 Å². The second-order valence-corrected chi connectivity index (χ2v) is 21.9. The summed E-state index contributed by atoms with van der Waals surface area (Å²) in [5.74, 6) is -0.564. The van der Waals surface area contributed by atoms with Crippen LogP contribution in [0.4, 0.5) is 0 Å². The van der Waals surface area contributed by atoms with E-state index in [-0.39, 0.29) is 31.3 Å². The summed E-state index contributed by atoms with van der Waals surface area (Å²) in [5.41, 5.74) is 0. The Morgan fingerprint density at radius 3 is 1.33 bits per heavy atom. The highest BCUT2D eigenvalue weighted by molar-refractivity contribution is 7.45. The van der Waals surface area contributed by atoms with E-state index in [4.69, 9.17) is 13.8 Å². The van der Waals surface area contributed by atoms with Gasteiger partial charge in [-0.15, -0.1) is 0 Å². The number of phosphoric acid groups is 1. The Morgan fingerprint density at radius 1 is 0.522 bits per heavy atom. The molecule has 0 aliphatic heterocycles. The van der Waals surface area contributed by atoms with Gasteiger partial charge in [-0.05, 0) is 57.4 Å². The van der Waals surface area contributed by atoms with Gasteiger partial charge in [-0.3, -0.25) is 14.2 Å². The van der Waals surface area contributed by atoms with Crippen molar-refractivity contribution in [2.24, 2.45) is 0 Å². The monoisotopic (exact) mass is 965 g/mol. The summed E-state index contributed by atoms with van der Waals surface area (Å²) in [7, 11) is 1.17. The molecule has 1 N–H and O–H groups in total. The lowest BCUT2D eigenvalue weighted by atomic mass is 10.0. The zero-order chi connectivity index (χ0) is 49.4. The molecular formula is C57H109N2O7P. The van der Waals surface area contributed by atoms with E-state index in [2.05, 4.69) is 50.4 Å². The second kappa shape index (κ2) is 47.9. The average Bonchev–Trinajstić information content (AvgIpc) is 3.28. The molecule has 394 valence electrons. The number of esters is 1. The molecule has 0 heterocycles. The van der Waals surface area contributed by atoms with Crippen LogP contribution < -0.4 is 10.2 Å². The third-order valence-corrected chi connectivity index (χ3v) is 13.6. The van der Waals surface area contributed by atoms with Crippen LogP contribution in [0.1, 0.15) is 265 Å². The topological polar surface area (TPSA) is 114 Å². The first kappa shape index (κ1) is 65.2. The molecular weight excluding hydrogens is 856 g/mol. The Kier molecular flexibility index (Phi) is 46.6. The van der Waals surface area contributed by atoms with E-state index in [1.165, 1.54) is 161 Å². The molecule has 1 amide bonds. The van der Waals surface area contributed by atoms with Crippen molar-refractivity contribution in [3.05, 3.63) is 36.5 Å². The molecule has 10 heteroatoms. The Bertz CT molecular complexity index is 1250. The number of hydrogen-bond acceptors (Lipinski definition) is 7. The lowest BCUT2D eigenvalue weighted by molar-refractivity contribution is -0.870. The molecule has 0 saturated carbocycles. The van der Waals surface area contributed by atoms with E-state index in [1.54, 1.807) is 0 Å². The minimum absolute atomic E-state index is 0.0255. The third-order valence-electron chi connectivity index (χ3n) is 12.6. The molecule has 0 saturated heterocycles. The molecule has 0 spiro atoms. The van der Waals surface area contributed by atoms with Crippen LogP contribution in [0.2, 0.25) is 0 Å². The lowest BCUT2D eigenvalue weighted by Crippen LogP contribution is -2.47. The van der Waals surface area contributed by atoms with Gasteiger partial charge in [0, 0.05) is 12.8 Å². The van der Waals surface area contributed by atoms with E-state index in [9.17, 15) is 19.0 Å². The van der Waals surface area contributed by atoms with Gasteiger partial charge in [-0.1, -0.05) is 231 Å². The highest BCUT2D eigenvalue weighted by Crippen LogP contribution is 2.38. The number of amides is 1. The number of quaternary nitrogens is 1. The van der Waals surface area contributed by atoms with E-state index in [0.717, 1.165) is 64.2 Å². The summed E-state index contributed by atoms with van der Waals surface area (Å²) >= 11 is 0. The fraction of sp³-hybridized carbons (Fsp3) is 0.860. The molecule has 0 rings (SSSR count). The minimum Gasteiger partial charge on any atom is -0.756 e. The van der Waals surface area contributed by atoms with Gasteiger partial charge in [0.2, 0.25) is 5.91 Å². The van der Waals surface area contributed by atoms with Crippen molar-refractivity contribution in [1.29, 1.82) is 0 Å². The fourth-order valence-corrected chi connectivity index (χ4v) is 8.88. The molecule has 0 aromatic carbocycles. The van der Waals surface area contributed by atoms with Crippen molar-refractivity contribution in [2.45, 2.75) is 277 Å². The number of carbonyl (C=O) groups excluding carboxylic acids is 2. The van der Waals surface area contributed by atoms with Crippen molar-refractivity contribution in [3.63, 3.8) is 0 Å². The zero-order valence-electron chi connectivity index (χ0n) is 44.9. The van der Waals surface area contributed by atoms with Gasteiger partial charge in [0.15, 0.2) is 0 Å². The molecule has 0 aromatic heterocycles. The fourth-order valence-electron chi connectivity index (χ4n) is 8.16. The Labute approximate surface area is 415 Å². The smallest absolute Gasteiger partial charge is 0.306 e. The van der Waals surface area contributed by atoms with Gasteiger partial charge in [0.25, 0.3) is 7.82 Å². The number of rotatable bonds is 51. The number of carbonyl (C=O) groups is 2. The van der Waals surface area contributed by atoms with Crippen molar-refractivity contribution in [1.82, 2.24) is 5.32 Å². The van der Waals surface area contributed by atoms with E-state index < -0.39 is 26.6 Å². The third kappa shape index (κ3) is 49.0. The van der Waals surface area contributed by atoms with Crippen LogP contribution in [-0.4, -0.2) is 69.4 Å². The maximum atomic E-state index is 13.4. The number of ether oxygens (including phenoxy) is 1. The minimum atomic E-state index is -4.69. The van der Waals surface area contributed by atoms with Crippen LogP contribution in [0.25, 0.3) is 0 Å². The SMILES string of the molecule is CCCCCCCCC/C=C/C=C/CCCCCC(=O)NC(COP(=O)([O-])OCC[N+](C)(C)C)C(/C=C/CCCCCCCCCCCC)OC(=O)CCCCCCCCCCCCCCC. The number of nitrogens with zero attached hydrogens (tertiary/aromatic N) is 1. The van der Waals surface area contributed by atoms with Gasteiger partial charge in [-0.2, -0.15) is 0 Å². The first-order valence-corrected chi connectivity index (χ1v) is 29.8. The molecule has 9 nitrogen and oxygen atoms in total. The number of nitrogens with one attached hydrogen (secondary N) is 1. The van der Waals surface area contributed by atoms with Gasteiger partial charge in [0.1, 0.15) is 19.3 Å². The predicted molar refractivity (Wildman–Crippen MR) is 284 cm³/mol. The Balaban J connectivity index is 5.40. The molecule has 0 radical (unpaired) electrons. The molecule has 3 atom stereocenters. The quantitative estimate of drug-likeness (QED) is 0.0161. The van der Waals surface area contributed by atoms with Crippen LogP contribution >= 0.6 is 7.82 Å². The van der Waals surface area contributed by atoms with Gasteiger partial charge in [0.05, 0.1) is 33.8 Å². The summed E-state index contributed by atoms with van der Waals surface area (Å²) in [6.07, 6.45) is 55.3. The van der Waals surface area contributed by atoms with E-state index in [0.29, 0.717) is 17.4 Å². The number of phosphoric ester groups is 1. The Morgan fingerprint density at radius 2 is 0.896 bits per heavy atom. The van der Waals surface area contributed by atoms with Crippen molar-refractivity contribution >= 4 is 19.7 Å². The van der Waals surface area contributed by atoms with Crippen LogP contribution in [0.5, 0.6) is 0 Å². The van der Waals surface area contributed by atoms with E-state index in [1.807, 2.05) is 33.3 Å². The summed E-state index contributed by atoms with van der Waals surface area (Å²) < 4.78 is 30.2. The van der Waals surface area contributed by atoms with Crippen LogP contribution in [0, 0.1) is 0 Å². The summed E-state index contributed by atoms with van der Waals surface area (Å²) in [6, 6.07) is -0.896. The molecule has 0 fully saturated rings. The second-order valence-electron chi connectivity index (χ2n) is 20.5. The first-order valence-electron chi connectivity index (χ1n) is 28.3. The maximum absolute atomic E-state index is 13.4. The molecule has 3 unspecified atom stereocenters. The number of unbranched alkanes of at least 4 members (excludes halogenated alkanes) is 32. The normalized spacial score (nSPS) is 14.1. The van der Waals surface area contributed by atoms with Crippen LogP contribution in [-0.2, 0) is 27.9 Å². The molecule has 0 bridgehead atoms. The standard InChI is InChI=1S/C57H109N2O7P/c1-7-10-13-16-19-22-25-28-29-30-32-34-37-40-43-46-49-56(60)58-54(53-65-67(62,63)64-52-51-59(4,5)6)55(48-45-42-39-36-33-27-24-21-18-15-12-9-3)66-57(61)50-47-44-41-38-35-31-26-23-20-17-14-11-8-2/h29-30,32,34,45,48,54-55H,7-28,31,33,35-44,46-47,49-53H2,1-6H3,(H-,58,60,62,63)/b30-29+,34-32+,48-45+. The summed E-state index contributed by atoms with van der Waals surface area (Å²) in [6.45, 7) is 6.82. The predicted octanol–water partition coefficient (Wildman–Crippen LogP) is 16.1. The van der Waals surface area contributed by atoms with Gasteiger partial charge in [-0.25, -0.2) is 0 Å². The van der Waals surface area contributed by atoms with Crippen molar-refractivity contribution in [3.8, 4) is 0 Å². The maximum Gasteiger partial charge on any atom is 0.306 e. The highest BCUT2D eigenvalue weighted by Gasteiger charge is 2.27. The number of likely N-dealkylation sites (N-methyl/N-ethyl adjacent to an activating group) is 1. The summed E-state index contributed by atoms with van der Waals surface area (Å²) in [4.78, 5) is 39.8. The van der Waals surface area contributed by atoms with Crippen molar-refractivity contribution in [2.75, 3.05) is 40.9 Å². The van der Waals surface area contributed by atoms with Crippen LogP contribution in [0.15, 0.2) is 36.5 Å². The summed E-state index contributed by atoms with van der Waals surface area (Å²) in [5, 5.41) is 3.00. The van der Waals surface area contributed by atoms with Crippen molar-refractivity contribution < 1.29 is 37.3 Å². The highest BCUT2D eigenvalue weighted by atomic mass is 31.2. The molecule has 0 aliphatic carbocycles.